The maximum atomic E-state index is 13.3. The van der Waals surface area contributed by atoms with Crippen LogP contribution in [-0.2, 0) is 13.0 Å². The highest BCUT2D eigenvalue weighted by atomic mass is 16.2. The summed E-state index contributed by atoms with van der Waals surface area (Å²) in [5, 5.41) is 9.01. The number of aryl methyl sites for hydroxylation is 3. The lowest BCUT2D eigenvalue weighted by atomic mass is 9.96. The quantitative estimate of drug-likeness (QED) is 0.652. The van der Waals surface area contributed by atoms with Gasteiger partial charge in [0.25, 0.3) is 5.91 Å². The highest BCUT2D eigenvalue weighted by molar-refractivity contribution is 5.97. The standard InChI is InChI=1S/C23H28N6O/c1-15-16(2)25-20-13-17(9-10-19(20)24-15)23(30)28-11-6-7-18(14-28)22-27-26-21-8-4-3-5-12-29(21)22/h9-10,13,18H,3-8,11-12,14H2,1-2H3/t18-/m0/s1. The lowest BCUT2D eigenvalue weighted by Gasteiger charge is -2.32. The predicted molar refractivity (Wildman–Crippen MR) is 114 cm³/mol. The third-order valence-electron chi connectivity index (χ3n) is 6.53. The van der Waals surface area contributed by atoms with Gasteiger partial charge in [0.05, 0.1) is 22.4 Å². The Labute approximate surface area is 176 Å². The molecule has 0 radical (unpaired) electrons. The molecule has 7 heteroatoms. The minimum atomic E-state index is 0.0669. The molecule has 4 heterocycles. The first kappa shape index (κ1) is 19.2. The number of carbonyl (C=O) groups excluding carboxylic acids is 1. The minimum Gasteiger partial charge on any atom is -0.338 e. The smallest absolute Gasteiger partial charge is 0.253 e. The SMILES string of the molecule is Cc1nc2ccc(C(=O)N3CCC[C@H](c4nnc5n4CCCCC5)C3)cc2nc1C. The summed E-state index contributed by atoms with van der Waals surface area (Å²) < 4.78 is 2.32. The predicted octanol–water partition coefficient (Wildman–Crippen LogP) is 3.58. The number of hydrogen-bond donors (Lipinski definition) is 0. The number of fused-ring (bicyclic) bond motifs is 2. The molecule has 1 saturated heterocycles. The molecule has 0 N–H and O–H groups in total. The largest absolute Gasteiger partial charge is 0.338 e. The first-order valence-corrected chi connectivity index (χ1v) is 11.1. The van der Waals surface area contributed by atoms with Crippen LogP contribution < -0.4 is 0 Å². The van der Waals surface area contributed by atoms with Crippen molar-refractivity contribution in [3.63, 3.8) is 0 Å². The fourth-order valence-electron chi connectivity index (χ4n) is 4.73. The summed E-state index contributed by atoms with van der Waals surface area (Å²) in [6.45, 7) is 6.40. The van der Waals surface area contributed by atoms with Crippen LogP contribution >= 0.6 is 0 Å². The Kier molecular flexibility index (Phi) is 4.97. The van der Waals surface area contributed by atoms with Gasteiger partial charge in [-0.2, -0.15) is 0 Å². The molecule has 0 bridgehead atoms. The Balaban J connectivity index is 1.38. The molecule has 2 aromatic heterocycles. The van der Waals surface area contributed by atoms with E-state index in [-0.39, 0.29) is 11.8 Å². The molecule has 0 unspecified atom stereocenters. The molecule has 2 aliphatic rings. The molecule has 1 atom stereocenters. The van der Waals surface area contributed by atoms with E-state index in [1.54, 1.807) is 0 Å². The van der Waals surface area contributed by atoms with Crippen LogP contribution in [0.4, 0.5) is 0 Å². The number of carbonyl (C=O) groups is 1. The van der Waals surface area contributed by atoms with Gasteiger partial charge in [0.1, 0.15) is 11.6 Å². The van der Waals surface area contributed by atoms with Crippen LogP contribution in [0.25, 0.3) is 11.0 Å². The van der Waals surface area contributed by atoms with E-state index in [1.165, 1.54) is 19.3 Å². The maximum absolute atomic E-state index is 13.3. The fraction of sp³-hybridized carbons (Fsp3) is 0.522. The van der Waals surface area contributed by atoms with Crippen molar-refractivity contribution in [2.24, 2.45) is 0 Å². The van der Waals surface area contributed by atoms with E-state index in [1.807, 2.05) is 36.9 Å². The van der Waals surface area contributed by atoms with Gasteiger partial charge in [-0.3, -0.25) is 4.79 Å². The summed E-state index contributed by atoms with van der Waals surface area (Å²) in [7, 11) is 0. The van der Waals surface area contributed by atoms with Gasteiger partial charge in [-0.25, -0.2) is 9.97 Å². The van der Waals surface area contributed by atoms with Crippen molar-refractivity contribution in [1.82, 2.24) is 29.6 Å². The van der Waals surface area contributed by atoms with Gasteiger partial charge in [0.15, 0.2) is 0 Å². The molecule has 2 aliphatic heterocycles. The Morgan fingerprint density at radius 3 is 2.67 bits per heavy atom. The lowest BCUT2D eigenvalue weighted by Crippen LogP contribution is -2.39. The molecule has 0 aliphatic carbocycles. The van der Waals surface area contributed by atoms with Crippen LogP contribution in [0, 0.1) is 13.8 Å². The number of piperidine rings is 1. The Bertz CT molecular complexity index is 1100. The van der Waals surface area contributed by atoms with E-state index in [0.29, 0.717) is 12.1 Å². The Morgan fingerprint density at radius 2 is 1.80 bits per heavy atom. The average Bonchev–Trinajstić information content (AvgIpc) is 3.02. The van der Waals surface area contributed by atoms with E-state index in [2.05, 4.69) is 24.7 Å². The Hall–Kier alpha value is -2.83. The highest BCUT2D eigenvalue weighted by Gasteiger charge is 2.30. The lowest BCUT2D eigenvalue weighted by molar-refractivity contribution is 0.0703. The number of aromatic nitrogens is 5. The molecule has 30 heavy (non-hydrogen) atoms. The normalized spacial score (nSPS) is 19.5. The first-order chi connectivity index (χ1) is 14.6. The van der Waals surface area contributed by atoms with Crippen molar-refractivity contribution in [1.29, 1.82) is 0 Å². The number of hydrogen-bond acceptors (Lipinski definition) is 5. The maximum Gasteiger partial charge on any atom is 0.253 e. The van der Waals surface area contributed by atoms with Crippen molar-refractivity contribution in [3.8, 4) is 0 Å². The number of amides is 1. The van der Waals surface area contributed by atoms with Gasteiger partial charge in [0, 0.05) is 37.5 Å². The molecule has 0 saturated carbocycles. The molecule has 1 fully saturated rings. The molecule has 3 aromatic rings. The van der Waals surface area contributed by atoms with Gasteiger partial charge < -0.3 is 9.47 Å². The summed E-state index contributed by atoms with van der Waals surface area (Å²) in [6.07, 6.45) is 6.69. The third kappa shape index (κ3) is 3.46. The van der Waals surface area contributed by atoms with Crippen molar-refractivity contribution < 1.29 is 4.79 Å². The molecule has 1 aromatic carbocycles. The molecule has 156 valence electrons. The van der Waals surface area contributed by atoms with Crippen molar-refractivity contribution in [3.05, 3.63) is 46.8 Å². The van der Waals surface area contributed by atoms with Crippen LogP contribution in [0.1, 0.15) is 71.4 Å². The van der Waals surface area contributed by atoms with Gasteiger partial charge in [-0.05, 0) is 57.7 Å². The summed E-state index contributed by atoms with van der Waals surface area (Å²) >= 11 is 0. The molecule has 7 nitrogen and oxygen atoms in total. The summed E-state index contributed by atoms with van der Waals surface area (Å²) in [6, 6.07) is 5.66. The van der Waals surface area contributed by atoms with Crippen LogP contribution in [0.3, 0.4) is 0 Å². The van der Waals surface area contributed by atoms with E-state index in [4.69, 9.17) is 0 Å². The second-order valence-corrected chi connectivity index (χ2v) is 8.62. The van der Waals surface area contributed by atoms with Gasteiger partial charge in [-0.15, -0.1) is 10.2 Å². The van der Waals surface area contributed by atoms with E-state index in [0.717, 1.165) is 66.4 Å². The van der Waals surface area contributed by atoms with E-state index < -0.39 is 0 Å². The average molecular weight is 405 g/mol. The monoisotopic (exact) mass is 404 g/mol. The zero-order valence-electron chi connectivity index (χ0n) is 17.8. The highest BCUT2D eigenvalue weighted by Crippen LogP contribution is 2.29. The van der Waals surface area contributed by atoms with Crippen LogP contribution in [0.15, 0.2) is 18.2 Å². The van der Waals surface area contributed by atoms with Crippen LogP contribution in [0.5, 0.6) is 0 Å². The van der Waals surface area contributed by atoms with Gasteiger partial charge in [-0.1, -0.05) is 6.42 Å². The number of rotatable bonds is 2. The number of nitrogens with zero attached hydrogens (tertiary/aromatic N) is 6. The second-order valence-electron chi connectivity index (χ2n) is 8.62. The summed E-state index contributed by atoms with van der Waals surface area (Å²) in [5.74, 6) is 2.51. The van der Waals surface area contributed by atoms with Crippen molar-refractivity contribution in [2.75, 3.05) is 13.1 Å². The van der Waals surface area contributed by atoms with E-state index >= 15 is 0 Å². The summed E-state index contributed by atoms with van der Waals surface area (Å²) in [4.78, 5) is 24.5. The van der Waals surface area contributed by atoms with Crippen molar-refractivity contribution in [2.45, 2.75) is 64.8 Å². The molecule has 0 spiro atoms. The zero-order valence-corrected chi connectivity index (χ0v) is 17.8. The number of benzene rings is 1. The number of likely N-dealkylation sites (tertiary alicyclic amines) is 1. The van der Waals surface area contributed by atoms with Crippen LogP contribution in [-0.4, -0.2) is 48.6 Å². The zero-order chi connectivity index (χ0) is 20.7. The van der Waals surface area contributed by atoms with Gasteiger partial charge >= 0.3 is 0 Å². The summed E-state index contributed by atoms with van der Waals surface area (Å²) in [5.41, 5.74) is 4.11. The minimum absolute atomic E-state index is 0.0669. The molecular formula is C23H28N6O. The molecular weight excluding hydrogens is 376 g/mol. The second kappa shape index (κ2) is 7.78. The van der Waals surface area contributed by atoms with Crippen molar-refractivity contribution >= 4 is 16.9 Å². The Morgan fingerprint density at radius 1 is 0.967 bits per heavy atom. The van der Waals surface area contributed by atoms with Crippen LogP contribution in [0.2, 0.25) is 0 Å². The van der Waals surface area contributed by atoms with Gasteiger partial charge in [0.2, 0.25) is 0 Å². The molecule has 5 rings (SSSR count). The molecule has 1 amide bonds. The topological polar surface area (TPSA) is 76.8 Å². The fourth-order valence-corrected chi connectivity index (χ4v) is 4.73. The first-order valence-electron chi connectivity index (χ1n) is 11.1. The third-order valence-corrected chi connectivity index (χ3v) is 6.53. The van der Waals surface area contributed by atoms with E-state index in [9.17, 15) is 4.79 Å².